The second-order valence-electron chi connectivity index (χ2n) is 7.20. The van der Waals surface area contributed by atoms with Crippen molar-refractivity contribution in [1.29, 1.82) is 0 Å². The number of halogens is 1. The molecule has 0 saturated carbocycles. The van der Waals surface area contributed by atoms with E-state index in [1.165, 1.54) is 0 Å². The van der Waals surface area contributed by atoms with Gasteiger partial charge in [0.05, 0.1) is 16.0 Å². The van der Waals surface area contributed by atoms with Crippen molar-refractivity contribution in [3.05, 3.63) is 82.9 Å². The predicted molar refractivity (Wildman–Crippen MR) is 128 cm³/mol. The Morgan fingerprint density at radius 3 is 2.56 bits per heavy atom. The molecule has 5 aromatic rings. The van der Waals surface area contributed by atoms with Crippen molar-refractivity contribution in [3.8, 4) is 17.1 Å². The molecule has 3 aromatic carbocycles. The highest BCUT2D eigenvalue weighted by molar-refractivity contribution is 7.25. The molecular weight excluding hydrogens is 446 g/mol. The number of hydrogen-bond donors (Lipinski definition) is 3. The number of aromatic carboxylic acids is 1. The Hall–Kier alpha value is -3.68. The van der Waals surface area contributed by atoms with Crippen molar-refractivity contribution in [1.82, 2.24) is 9.97 Å². The van der Waals surface area contributed by atoms with E-state index in [0.717, 1.165) is 31.4 Å². The summed E-state index contributed by atoms with van der Waals surface area (Å²) in [4.78, 5) is 21.6. The fraction of sp³-hybridized carbons (Fsp3) is 0.0417. The van der Waals surface area contributed by atoms with E-state index in [2.05, 4.69) is 5.32 Å². The lowest BCUT2D eigenvalue weighted by molar-refractivity contribution is 0.0697. The highest BCUT2D eigenvalue weighted by atomic mass is 35.5. The lowest BCUT2D eigenvalue weighted by Gasteiger charge is -2.10. The number of thiophene rings is 1. The van der Waals surface area contributed by atoms with E-state index in [-0.39, 0.29) is 16.3 Å². The summed E-state index contributed by atoms with van der Waals surface area (Å²) in [6.45, 7) is 0.452. The standard InChI is InChI=1S/C24H16ClN3O3S/c25-17-11-13(5-10-18(17)29)12-26-22-20-16-3-1-2-4-19(16)32-23(20)28-21(27-22)14-6-8-15(9-7-14)24(30)31/h1-11,29H,12H2,(H,30,31)(H,26,27,28). The fourth-order valence-corrected chi connectivity index (χ4v) is 4.77. The molecule has 158 valence electrons. The third-order valence-electron chi connectivity index (χ3n) is 5.10. The number of fused-ring (bicyclic) bond motifs is 3. The van der Waals surface area contributed by atoms with Crippen LogP contribution in [0.2, 0.25) is 5.02 Å². The van der Waals surface area contributed by atoms with Crippen molar-refractivity contribution in [2.24, 2.45) is 0 Å². The van der Waals surface area contributed by atoms with Gasteiger partial charge in [0.2, 0.25) is 0 Å². The van der Waals surface area contributed by atoms with Gasteiger partial charge in [-0.15, -0.1) is 11.3 Å². The number of hydrogen-bond acceptors (Lipinski definition) is 6. The number of nitrogens with one attached hydrogen (secondary N) is 1. The molecule has 0 spiro atoms. The number of carboxylic acid groups (broad SMARTS) is 1. The van der Waals surface area contributed by atoms with Crippen LogP contribution in [0.15, 0.2) is 66.7 Å². The second kappa shape index (κ2) is 8.11. The van der Waals surface area contributed by atoms with E-state index in [4.69, 9.17) is 26.7 Å². The van der Waals surface area contributed by atoms with Gasteiger partial charge in [-0.3, -0.25) is 0 Å². The molecule has 0 atom stereocenters. The van der Waals surface area contributed by atoms with E-state index in [0.29, 0.717) is 18.2 Å². The molecule has 0 aliphatic heterocycles. The zero-order valence-electron chi connectivity index (χ0n) is 16.5. The third-order valence-corrected chi connectivity index (χ3v) is 6.47. The zero-order valence-corrected chi connectivity index (χ0v) is 18.1. The topological polar surface area (TPSA) is 95.3 Å². The molecule has 32 heavy (non-hydrogen) atoms. The van der Waals surface area contributed by atoms with Gasteiger partial charge in [-0.05, 0) is 35.9 Å². The Morgan fingerprint density at radius 2 is 1.81 bits per heavy atom. The summed E-state index contributed by atoms with van der Waals surface area (Å²) in [5, 5.41) is 24.5. The van der Waals surface area contributed by atoms with Crippen molar-refractivity contribution >= 4 is 55.0 Å². The van der Waals surface area contributed by atoms with E-state index < -0.39 is 5.97 Å². The maximum atomic E-state index is 11.2. The quantitative estimate of drug-likeness (QED) is 0.289. The first-order valence-corrected chi connectivity index (χ1v) is 10.9. The summed E-state index contributed by atoms with van der Waals surface area (Å²) < 4.78 is 1.10. The van der Waals surface area contributed by atoms with Crippen molar-refractivity contribution in [2.75, 3.05) is 5.32 Å². The van der Waals surface area contributed by atoms with Crippen LogP contribution in [0.25, 0.3) is 31.7 Å². The number of rotatable bonds is 5. The molecule has 0 amide bonds. The normalized spacial score (nSPS) is 11.2. The molecule has 0 saturated heterocycles. The first-order valence-electron chi connectivity index (χ1n) is 9.74. The molecule has 2 aromatic heterocycles. The van der Waals surface area contributed by atoms with Gasteiger partial charge < -0.3 is 15.5 Å². The molecule has 0 radical (unpaired) electrons. The van der Waals surface area contributed by atoms with Crippen LogP contribution in [-0.2, 0) is 6.54 Å². The Kier molecular flexibility index (Phi) is 5.13. The van der Waals surface area contributed by atoms with Crippen LogP contribution < -0.4 is 5.32 Å². The van der Waals surface area contributed by atoms with E-state index in [9.17, 15) is 9.90 Å². The van der Waals surface area contributed by atoms with Gasteiger partial charge in [-0.2, -0.15) is 0 Å². The molecule has 0 bridgehead atoms. The Bertz CT molecular complexity index is 1480. The van der Waals surface area contributed by atoms with Crippen LogP contribution in [0, 0.1) is 0 Å². The van der Waals surface area contributed by atoms with Crippen LogP contribution in [0.4, 0.5) is 5.82 Å². The summed E-state index contributed by atoms with van der Waals surface area (Å²) in [5.41, 5.74) is 1.83. The molecule has 3 N–H and O–H groups in total. The van der Waals surface area contributed by atoms with Crippen LogP contribution in [-0.4, -0.2) is 26.2 Å². The van der Waals surface area contributed by atoms with Gasteiger partial charge in [0, 0.05) is 22.2 Å². The monoisotopic (exact) mass is 461 g/mol. The molecule has 0 aliphatic carbocycles. The van der Waals surface area contributed by atoms with Crippen LogP contribution >= 0.6 is 22.9 Å². The number of nitrogens with zero attached hydrogens (tertiary/aromatic N) is 2. The van der Waals surface area contributed by atoms with Crippen LogP contribution in [0.1, 0.15) is 15.9 Å². The minimum Gasteiger partial charge on any atom is -0.506 e. The van der Waals surface area contributed by atoms with Gasteiger partial charge in [0.1, 0.15) is 16.4 Å². The number of phenols is 1. The number of phenolic OH excluding ortho intramolecular Hbond substituents is 1. The number of benzene rings is 3. The number of carboxylic acids is 1. The number of aromatic hydroxyl groups is 1. The van der Waals surface area contributed by atoms with Crippen molar-refractivity contribution in [2.45, 2.75) is 6.54 Å². The highest BCUT2D eigenvalue weighted by Gasteiger charge is 2.16. The Labute approximate surface area is 191 Å². The second-order valence-corrected chi connectivity index (χ2v) is 8.63. The average Bonchev–Trinajstić information content (AvgIpc) is 3.18. The van der Waals surface area contributed by atoms with Crippen molar-refractivity contribution < 1.29 is 15.0 Å². The molecule has 0 fully saturated rings. The van der Waals surface area contributed by atoms with Crippen LogP contribution in [0.5, 0.6) is 5.75 Å². The fourth-order valence-electron chi connectivity index (χ4n) is 3.49. The van der Waals surface area contributed by atoms with Gasteiger partial charge >= 0.3 is 5.97 Å². The smallest absolute Gasteiger partial charge is 0.335 e. The van der Waals surface area contributed by atoms with E-state index in [1.54, 1.807) is 53.8 Å². The number of anilines is 1. The highest BCUT2D eigenvalue weighted by Crippen LogP contribution is 2.38. The SMILES string of the molecule is O=C(O)c1ccc(-c2nc(NCc3ccc(O)c(Cl)c3)c3c(n2)sc2ccccc23)cc1. The molecule has 8 heteroatoms. The Morgan fingerprint density at radius 1 is 1.03 bits per heavy atom. The van der Waals surface area contributed by atoms with Gasteiger partial charge in [-0.25, -0.2) is 14.8 Å². The maximum absolute atomic E-state index is 11.2. The minimum atomic E-state index is -0.979. The molecule has 0 unspecified atom stereocenters. The first-order chi connectivity index (χ1) is 15.5. The zero-order chi connectivity index (χ0) is 22.2. The predicted octanol–water partition coefficient (Wildman–Crippen LogP) is 6.18. The maximum Gasteiger partial charge on any atom is 0.335 e. The lowest BCUT2D eigenvalue weighted by atomic mass is 10.1. The lowest BCUT2D eigenvalue weighted by Crippen LogP contribution is -2.04. The minimum absolute atomic E-state index is 0.0377. The summed E-state index contributed by atoms with van der Waals surface area (Å²) in [5.74, 6) is 0.240. The van der Waals surface area contributed by atoms with Gasteiger partial charge in [0.25, 0.3) is 0 Å². The summed E-state index contributed by atoms with van der Waals surface area (Å²) in [6, 6.07) is 19.6. The van der Waals surface area contributed by atoms with E-state index >= 15 is 0 Å². The summed E-state index contributed by atoms with van der Waals surface area (Å²) >= 11 is 7.63. The molecule has 6 nitrogen and oxygen atoms in total. The largest absolute Gasteiger partial charge is 0.506 e. The van der Waals surface area contributed by atoms with Gasteiger partial charge in [-0.1, -0.05) is 48.0 Å². The third kappa shape index (κ3) is 3.72. The number of aromatic nitrogens is 2. The van der Waals surface area contributed by atoms with Crippen LogP contribution in [0.3, 0.4) is 0 Å². The summed E-state index contributed by atoms with van der Waals surface area (Å²) in [7, 11) is 0. The van der Waals surface area contributed by atoms with Gasteiger partial charge in [0.15, 0.2) is 5.82 Å². The summed E-state index contributed by atoms with van der Waals surface area (Å²) in [6.07, 6.45) is 0. The molecule has 5 rings (SSSR count). The first kappa shape index (κ1) is 20.2. The van der Waals surface area contributed by atoms with E-state index in [1.807, 2.05) is 24.3 Å². The molecular formula is C24H16ClN3O3S. The Balaban J connectivity index is 1.61. The number of carbonyl (C=O) groups is 1. The molecule has 0 aliphatic rings. The van der Waals surface area contributed by atoms with Crippen molar-refractivity contribution in [3.63, 3.8) is 0 Å². The molecule has 2 heterocycles. The average molecular weight is 462 g/mol.